The molecule has 0 aromatic heterocycles. The van der Waals surface area contributed by atoms with Gasteiger partial charge in [-0.1, -0.05) is 18.6 Å². The van der Waals surface area contributed by atoms with Gasteiger partial charge in [-0.3, -0.25) is 0 Å². The number of alkyl halides is 7. The molecule has 1 nitrogen and oxygen atoms in total. The SMILES string of the molecule is CN1CC2CCC[C@H]2c2ccc(C(F)(C(F)(F)F)C(F)(F)F)cc21. The van der Waals surface area contributed by atoms with Crippen molar-refractivity contribution in [2.24, 2.45) is 5.92 Å². The molecule has 1 aromatic carbocycles. The van der Waals surface area contributed by atoms with E-state index >= 15 is 0 Å². The second kappa shape index (κ2) is 5.26. The molecule has 0 spiro atoms. The Balaban J connectivity index is 2.12. The molecular formula is C16H16F7N. The molecule has 0 amide bonds. The van der Waals surface area contributed by atoms with E-state index in [4.69, 9.17) is 0 Å². The quantitative estimate of drug-likeness (QED) is 0.617. The van der Waals surface area contributed by atoms with E-state index < -0.39 is 23.6 Å². The van der Waals surface area contributed by atoms with Crippen molar-refractivity contribution in [1.29, 1.82) is 0 Å². The number of anilines is 1. The van der Waals surface area contributed by atoms with Gasteiger partial charge in [-0.15, -0.1) is 0 Å². The topological polar surface area (TPSA) is 3.24 Å². The van der Waals surface area contributed by atoms with E-state index in [1.165, 1.54) is 6.07 Å². The van der Waals surface area contributed by atoms with Crippen molar-refractivity contribution in [3.63, 3.8) is 0 Å². The number of hydrogen-bond donors (Lipinski definition) is 0. The maximum Gasteiger partial charge on any atom is 0.435 e. The Bertz CT molecular complexity index is 620. The molecule has 1 fully saturated rings. The number of hydrogen-bond acceptors (Lipinski definition) is 1. The minimum atomic E-state index is -6.08. The number of rotatable bonds is 1. The highest BCUT2D eigenvalue weighted by Gasteiger charge is 2.73. The molecule has 2 atom stereocenters. The minimum Gasteiger partial charge on any atom is -0.374 e. The van der Waals surface area contributed by atoms with E-state index in [0.717, 1.165) is 19.3 Å². The van der Waals surface area contributed by atoms with Crippen LogP contribution in [-0.2, 0) is 5.67 Å². The molecule has 1 aliphatic carbocycles. The zero-order valence-corrected chi connectivity index (χ0v) is 12.8. The summed E-state index contributed by atoms with van der Waals surface area (Å²) in [5.41, 5.74) is -5.82. The largest absolute Gasteiger partial charge is 0.435 e. The van der Waals surface area contributed by atoms with Crippen LogP contribution < -0.4 is 4.90 Å². The summed E-state index contributed by atoms with van der Waals surface area (Å²) in [5, 5.41) is 0. The van der Waals surface area contributed by atoms with Crippen molar-refractivity contribution >= 4 is 5.69 Å². The lowest BCUT2D eigenvalue weighted by molar-refractivity contribution is -0.348. The lowest BCUT2D eigenvalue weighted by atomic mass is 9.82. The number of benzene rings is 1. The summed E-state index contributed by atoms with van der Waals surface area (Å²) in [5.74, 6) is 0.463. The van der Waals surface area contributed by atoms with Crippen LogP contribution in [0.2, 0.25) is 0 Å². The van der Waals surface area contributed by atoms with Crippen molar-refractivity contribution in [3.05, 3.63) is 29.3 Å². The Morgan fingerprint density at radius 3 is 2.17 bits per heavy atom. The average molecular weight is 355 g/mol. The molecule has 0 bridgehead atoms. The summed E-state index contributed by atoms with van der Waals surface area (Å²) in [6.45, 7) is 0.554. The molecule has 0 radical (unpaired) electrons. The van der Waals surface area contributed by atoms with E-state index in [1.807, 2.05) is 0 Å². The summed E-state index contributed by atoms with van der Waals surface area (Å²) in [7, 11) is 1.61. The predicted octanol–water partition coefficient (Wildman–Crippen LogP) is 5.31. The molecule has 8 heteroatoms. The van der Waals surface area contributed by atoms with Gasteiger partial charge in [0.2, 0.25) is 0 Å². The van der Waals surface area contributed by atoms with E-state index in [-0.39, 0.29) is 11.6 Å². The third kappa shape index (κ3) is 2.37. The molecule has 1 unspecified atom stereocenters. The van der Waals surface area contributed by atoms with Gasteiger partial charge in [-0.05, 0) is 36.3 Å². The first-order valence-corrected chi connectivity index (χ1v) is 7.64. The summed E-state index contributed by atoms with van der Waals surface area (Å²) in [4.78, 5) is 1.62. The van der Waals surface area contributed by atoms with Gasteiger partial charge < -0.3 is 4.90 Å². The van der Waals surface area contributed by atoms with E-state index in [9.17, 15) is 30.7 Å². The third-order valence-corrected chi connectivity index (χ3v) is 5.19. The lowest BCUT2D eigenvalue weighted by Crippen LogP contribution is -2.50. The fourth-order valence-corrected chi connectivity index (χ4v) is 4.01. The lowest BCUT2D eigenvalue weighted by Gasteiger charge is -2.38. The van der Waals surface area contributed by atoms with Crippen molar-refractivity contribution in [2.45, 2.75) is 43.2 Å². The fourth-order valence-electron chi connectivity index (χ4n) is 4.01. The summed E-state index contributed by atoms with van der Waals surface area (Å²) >= 11 is 0. The monoisotopic (exact) mass is 355 g/mol. The Hall–Kier alpha value is -1.47. The highest BCUT2D eigenvalue weighted by molar-refractivity contribution is 5.60. The van der Waals surface area contributed by atoms with Crippen molar-refractivity contribution in [1.82, 2.24) is 0 Å². The first-order chi connectivity index (χ1) is 11.0. The third-order valence-electron chi connectivity index (χ3n) is 5.19. The Labute approximate surface area is 134 Å². The molecule has 0 saturated heterocycles. The van der Waals surface area contributed by atoms with Gasteiger partial charge in [0.1, 0.15) is 0 Å². The van der Waals surface area contributed by atoms with E-state index in [2.05, 4.69) is 0 Å². The Kier molecular flexibility index (Phi) is 3.80. The first kappa shape index (κ1) is 17.4. The van der Waals surface area contributed by atoms with Crippen LogP contribution >= 0.6 is 0 Å². The highest BCUT2D eigenvalue weighted by atomic mass is 19.4. The molecule has 1 heterocycles. The van der Waals surface area contributed by atoms with Crippen LogP contribution in [0.4, 0.5) is 36.4 Å². The molecule has 0 N–H and O–H groups in total. The standard InChI is InChI=1S/C16H16F7N/c1-24-8-9-3-2-4-11(9)12-6-5-10(7-13(12)24)14(17,15(18,19)20)16(21,22)23/h5-7,9,11H,2-4,8H2,1H3/t9?,11-/m1/s1. The van der Waals surface area contributed by atoms with Gasteiger partial charge >= 0.3 is 18.0 Å². The predicted molar refractivity (Wildman–Crippen MR) is 74.7 cm³/mol. The normalized spacial score (nSPS) is 24.8. The highest BCUT2D eigenvalue weighted by Crippen LogP contribution is 2.55. The summed E-state index contributed by atoms with van der Waals surface area (Å²) in [6.07, 6.45) is -9.35. The van der Waals surface area contributed by atoms with Crippen LogP contribution in [0.1, 0.15) is 36.3 Å². The van der Waals surface area contributed by atoms with Crippen molar-refractivity contribution < 1.29 is 30.7 Å². The smallest absolute Gasteiger partial charge is 0.374 e. The number of fused-ring (bicyclic) bond motifs is 3. The molecule has 24 heavy (non-hydrogen) atoms. The van der Waals surface area contributed by atoms with Crippen LogP contribution in [0, 0.1) is 5.92 Å². The van der Waals surface area contributed by atoms with Crippen LogP contribution in [0.25, 0.3) is 0 Å². The van der Waals surface area contributed by atoms with E-state index in [1.54, 1.807) is 11.9 Å². The van der Waals surface area contributed by atoms with Gasteiger partial charge in [0.15, 0.2) is 0 Å². The van der Waals surface area contributed by atoms with Crippen molar-refractivity contribution in [2.75, 3.05) is 18.5 Å². The van der Waals surface area contributed by atoms with Crippen LogP contribution in [-0.4, -0.2) is 25.9 Å². The zero-order chi connectivity index (χ0) is 17.9. The van der Waals surface area contributed by atoms with Crippen LogP contribution in [0.5, 0.6) is 0 Å². The maximum absolute atomic E-state index is 14.2. The Morgan fingerprint density at radius 2 is 1.58 bits per heavy atom. The molecule has 3 rings (SSSR count). The fraction of sp³-hybridized carbons (Fsp3) is 0.625. The Morgan fingerprint density at radius 1 is 0.958 bits per heavy atom. The average Bonchev–Trinajstić information content (AvgIpc) is 2.92. The summed E-state index contributed by atoms with van der Waals surface area (Å²) in [6, 6.07) is 2.58. The van der Waals surface area contributed by atoms with E-state index in [0.29, 0.717) is 30.2 Å². The molecule has 1 aromatic rings. The second-order valence-electron chi connectivity index (χ2n) is 6.61. The second-order valence-corrected chi connectivity index (χ2v) is 6.61. The molecule has 1 saturated carbocycles. The van der Waals surface area contributed by atoms with Gasteiger partial charge in [0, 0.05) is 24.8 Å². The molecule has 1 aliphatic heterocycles. The summed E-state index contributed by atoms with van der Waals surface area (Å²) < 4.78 is 91.8. The van der Waals surface area contributed by atoms with Crippen LogP contribution in [0.3, 0.4) is 0 Å². The van der Waals surface area contributed by atoms with Gasteiger partial charge in [-0.2, -0.15) is 26.3 Å². The molecular weight excluding hydrogens is 339 g/mol. The van der Waals surface area contributed by atoms with Crippen LogP contribution in [0.15, 0.2) is 18.2 Å². The molecule has 134 valence electrons. The zero-order valence-electron chi connectivity index (χ0n) is 12.8. The minimum absolute atomic E-state index is 0.121. The van der Waals surface area contributed by atoms with Gasteiger partial charge in [0.05, 0.1) is 0 Å². The molecule has 2 aliphatic rings. The number of nitrogens with zero attached hydrogens (tertiary/aromatic N) is 1. The first-order valence-electron chi connectivity index (χ1n) is 7.64. The van der Waals surface area contributed by atoms with Gasteiger partial charge in [-0.25, -0.2) is 4.39 Å². The maximum atomic E-state index is 14.2. The van der Waals surface area contributed by atoms with Gasteiger partial charge in [0.25, 0.3) is 0 Å². The van der Waals surface area contributed by atoms with Crippen molar-refractivity contribution in [3.8, 4) is 0 Å². The number of halogens is 7.